The highest BCUT2D eigenvalue weighted by Gasteiger charge is 2.53. The molecule has 2 aromatic rings. The minimum Gasteiger partial charge on any atom is -0.355 e. The largest absolute Gasteiger partial charge is 0.355 e. The van der Waals surface area contributed by atoms with Crippen LogP contribution in [0.15, 0.2) is 27.7 Å². The van der Waals surface area contributed by atoms with E-state index in [1.807, 2.05) is 6.92 Å². The zero-order chi connectivity index (χ0) is 20.6. The molecule has 2 fully saturated rings. The van der Waals surface area contributed by atoms with Gasteiger partial charge in [0.2, 0.25) is 0 Å². The van der Waals surface area contributed by atoms with Crippen molar-refractivity contribution in [1.29, 1.82) is 0 Å². The first-order chi connectivity index (χ1) is 14.5. The third-order valence-corrected chi connectivity index (χ3v) is 6.70. The molecule has 4 aliphatic rings. The molecule has 1 saturated carbocycles. The molecule has 0 radical (unpaired) electrons. The molecule has 9 heteroatoms. The second-order valence-electron chi connectivity index (χ2n) is 8.81. The van der Waals surface area contributed by atoms with Crippen LogP contribution in [0.25, 0.3) is 0 Å². The fraction of sp³-hybridized carbons (Fsp3) is 0.524. The minimum atomic E-state index is -0.831. The zero-order valence-electron chi connectivity index (χ0n) is 16.8. The molecule has 5 atom stereocenters. The highest BCUT2D eigenvalue weighted by atomic mass is 19.1. The summed E-state index contributed by atoms with van der Waals surface area (Å²) in [4.78, 5) is 26.3. The van der Waals surface area contributed by atoms with Gasteiger partial charge in [-0.2, -0.15) is 4.98 Å². The van der Waals surface area contributed by atoms with Crippen molar-refractivity contribution in [1.82, 2.24) is 10.1 Å². The highest BCUT2D eigenvalue weighted by molar-refractivity contribution is 6.12. The first-order valence-electron chi connectivity index (χ1n) is 10.4. The van der Waals surface area contributed by atoms with E-state index >= 15 is 0 Å². The number of aliphatic imine (C=N–C) groups is 1. The Kier molecular flexibility index (Phi) is 3.66. The summed E-state index contributed by atoms with van der Waals surface area (Å²) in [5.41, 5.74) is 0.368. The lowest BCUT2D eigenvalue weighted by atomic mass is 9.97. The summed E-state index contributed by atoms with van der Waals surface area (Å²) < 4.78 is 25.6. The van der Waals surface area contributed by atoms with Crippen LogP contribution in [-0.2, 0) is 9.53 Å². The Balaban J connectivity index is 1.42. The number of hydrogen-bond donors (Lipinski definition) is 0. The van der Waals surface area contributed by atoms with Gasteiger partial charge in [-0.05, 0) is 50.3 Å². The number of fused-ring (bicyclic) bond motifs is 3. The molecule has 0 spiro atoms. The quantitative estimate of drug-likeness (QED) is 0.772. The molecule has 1 saturated heterocycles. The van der Waals surface area contributed by atoms with E-state index in [1.165, 1.54) is 12.1 Å². The van der Waals surface area contributed by atoms with Crippen molar-refractivity contribution < 1.29 is 18.4 Å². The lowest BCUT2D eigenvalue weighted by Gasteiger charge is -2.45. The number of nitrogens with zero attached hydrogens (tertiary/aromatic N) is 5. The summed E-state index contributed by atoms with van der Waals surface area (Å²) >= 11 is 0. The molecule has 4 heterocycles. The highest BCUT2D eigenvalue weighted by Crippen LogP contribution is 2.48. The van der Waals surface area contributed by atoms with Crippen molar-refractivity contribution in [2.24, 2.45) is 10.9 Å². The maximum absolute atomic E-state index is 14.1. The Morgan fingerprint density at radius 1 is 1.30 bits per heavy atom. The van der Waals surface area contributed by atoms with Crippen LogP contribution in [0.5, 0.6) is 0 Å². The van der Waals surface area contributed by atoms with E-state index in [0.717, 1.165) is 12.8 Å². The van der Waals surface area contributed by atoms with E-state index in [4.69, 9.17) is 9.26 Å². The summed E-state index contributed by atoms with van der Waals surface area (Å²) in [5, 5.41) is 4.12. The van der Waals surface area contributed by atoms with Crippen LogP contribution in [0, 0.1) is 11.7 Å². The second kappa shape index (κ2) is 6.10. The van der Waals surface area contributed by atoms with Crippen molar-refractivity contribution in [3.63, 3.8) is 0 Å². The van der Waals surface area contributed by atoms with Gasteiger partial charge >= 0.3 is 0 Å². The number of aromatic nitrogens is 2. The van der Waals surface area contributed by atoms with Crippen LogP contribution in [0.1, 0.15) is 56.8 Å². The molecular formula is C21H22FN5O3. The standard InChI is InChI=1S/C21H22FN5O3/c1-11-8-13(11)18-24-19(30-25-18)16-17-20(28)27(21(2)6-3-7-29-21)15-9-12(22)4-5-14(15)26(17)10-23-16/h4-5,9-11,13,16-17H,3,6-8H2,1-2H3. The van der Waals surface area contributed by atoms with Crippen LogP contribution in [0.2, 0.25) is 0 Å². The van der Waals surface area contributed by atoms with E-state index < -0.39 is 23.6 Å². The summed E-state index contributed by atoms with van der Waals surface area (Å²) in [5.74, 6) is 1.27. The molecule has 1 aromatic heterocycles. The van der Waals surface area contributed by atoms with Gasteiger partial charge < -0.3 is 14.2 Å². The Labute approximate surface area is 172 Å². The lowest BCUT2D eigenvalue weighted by molar-refractivity contribution is -0.125. The summed E-state index contributed by atoms with van der Waals surface area (Å²) in [6.45, 7) is 4.59. The van der Waals surface area contributed by atoms with Gasteiger partial charge in [0.1, 0.15) is 17.6 Å². The molecule has 0 N–H and O–H groups in total. The fourth-order valence-electron chi connectivity index (χ4n) is 4.89. The van der Waals surface area contributed by atoms with E-state index in [1.54, 1.807) is 22.2 Å². The number of carbonyl (C=O) groups is 1. The first-order valence-corrected chi connectivity index (χ1v) is 10.4. The van der Waals surface area contributed by atoms with Gasteiger partial charge in [-0.3, -0.25) is 14.7 Å². The summed E-state index contributed by atoms with van der Waals surface area (Å²) in [7, 11) is 0. The predicted molar refractivity (Wildman–Crippen MR) is 106 cm³/mol. The second-order valence-corrected chi connectivity index (χ2v) is 8.81. The summed E-state index contributed by atoms with van der Waals surface area (Å²) in [6.07, 6.45) is 4.18. The SMILES string of the molecule is CC1CC1c1noc(C2N=CN3c4ccc(F)cc4N(C4(C)CCCO4)C(=O)C23)n1. The van der Waals surface area contributed by atoms with Gasteiger partial charge in [-0.15, -0.1) is 0 Å². The van der Waals surface area contributed by atoms with Crippen molar-refractivity contribution in [3.8, 4) is 0 Å². The Morgan fingerprint density at radius 3 is 2.87 bits per heavy atom. The van der Waals surface area contributed by atoms with Crippen molar-refractivity contribution in [2.75, 3.05) is 16.4 Å². The van der Waals surface area contributed by atoms with Crippen molar-refractivity contribution >= 4 is 23.6 Å². The van der Waals surface area contributed by atoms with Crippen LogP contribution in [0.3, 0.4) is 0 Å². The maximum atomic E-state index is 14.1. The third kappa shape index (κ3) is 2.47. The molecule has 3 aliphatic heterocycles. The summed E-state index contributed by atoms with van der Waals surface area (Å²) in [6, 6.07) is 3.17. The Hall–Kier alpha value is -2.81. The monoisotopic (exact) mass is 411 g/mol. The van der Waals surface area contributed by atoms with Crippen molar-refractivity contribution in [2.45, 2.75) is 56.8 Å². The number of amides is 1. The molecule has 156 valence electrons. The predicted octanol–water partition coefficient (Wildman–Crippen LogP) is 3.16. The van der Waals surface area contributed by atoms with Crippen LogP contribution in [-0.4, -0.2) is 40.8 Å². The molecule has 8 nitrogen and oxygen atoms in total. The van der Waals surface area contributed by atoms with Crippen LogP contribution < -0.4 is 9.80 Å². The fourth-order valence-corrected chi connectivity index (χ4v) is 4.89. The van der Waals surface area contributed by atoms with Gasteiger partial charge in [0.05, 0.1) is 17.7 Å². The molecule has 0 bridgehead atoms. The Bertz CT molecular complexity index is 1060. The van der Waals surface area contributed by atoms with Gasteiger partial charge in [-0.25, -0.2) is 4.39 Å². The van der Waals surface area contributed by atoms with E-state index in [-0.39, 0.29) is 5.91 Å². The number of halogens is 1. The van der Waals surface area contributed by atoms with Crippen molar-refractivity contribution in [3.05, 3.63) is 35.7 Å². The molecule has 30 heavy (non-hydrogen) atoms. The van der Waals surface area contributed by atoms with Gasteiger partial charge in [0.25, 0.3) is 11.8 Å². The first kappa shape index (κ1) is 18.0. The van der Waals surface area contributed by atoms with Crippen LogP contribution in [0.4, 0.5) is 15.8 Å². The maximum Gasteiger partial charge on any atom is 0.255 e. The topological polar surface area (TPSA) is 84.1 Å². The Morgan fingerprint density at radius 2 is 2.13 bits per heavy atom. The molecule has 1 amide bonds. The average Bonchev–Trinajstić information content (AvgIpc) is 3.16. The minimum absolute atomic E-state index is 0.209. The molecule has 1 aliphatic carbocycles. The number of rotatable bonds is 3. The molecular weight excluding hydrogens is 389 g/mol. The smallest absolute Gasteiger partial charge is 0.255 e. The van der Waals surface area contributed by atoms with Crippen LogP contribution >= 0.6 is 0 Å². The normalized spacial score (nSPS) is 34.4. The number of anilines is 2. The van der Waals surface area contributed by atoms with E-state index in [0.29, 0.717) is 48.0 Å². The van der Waals surface area contributed by atoms with Gasteiger partial charge in [0, 0.05) is 12.5 Å². The number of ether oxygens (including phenoxy) is 1. The lowest BCUT2D eigenvalue weighted by Crippen LogP contribution is -2.60. The molecule has 6 rings (SSSR count). The van der Waals surface area contributed by atoms with Gasteiger partial charge in [-0.1, -0.05) is 12.1 Å². The van der Waals surface area contributed by atoms with E-state index in [2.05, 4.69) is 22.1 Å². The third-order valence-electron chi connectivity index (χ3n) is 6.70. The van der Waals surface area contributed by atoms with Gasteiger partial charge in [0.15, 0.2) is 11.9 Å². The van der Waals surface area contributed by atoms with E-state index in [9.17, 15) is 9.18 Å². The zero-order valence-corrected chi connectivity index (χ0v) is 16.8. The average molecular weight is 411 g/mol. The molecule has 1 aromatic carbocycles. The number of benzene rings is 1. The number of hydrogen-bond acceptors (Lipinski definition) is 7. The molecule has 5 unspecified atom stereocenters. The number of carbonyl (C=O) groups excluding carboxylic acids is 1.